The quantitative estimate of drug-likeness (QED) is 0.675. The molecule has 3 heterocycles. The molecular weight excluding hydrogens is 444 g/mol. The molecule has 1 saturated heterocycles. The number of halogens is 2. The Morgan fingerprint density at radius 1 is 1.38 bits per heavy atom. The Bertz CT molecular complexity index is 1420. The number of pyridine rings is 1. The van der Waals surface area contributed by atoms with E-state index in [9.17, 15) is 27.1 Å². The molecule has 2 N–H and O–H groups in total. The van der Waals surface area contributed by atoms with Crippen LogP contribution in [0.4, 0.5) is 14.7 Å². The summed E-state index contributed by atoms with van der Waals surface area (Å²) in [5.74, 6) is -0.0754. The average Bonchev–Trinajstić information content (AvgIpc) is 3.20. The van der Waals surface area contributed by atoms with Crippen LogP contribution in [0.2, 0.25) is 0 Å². The van der Waals surface area contributed by atoms with Gasteiger partial charge in [-0.2, -0.15) is 4.98 Å². The Balaban J connectivity index is 1.72. The highest BCUT2D eigenvalue weighted by Gasteiger charge is 2.40. The second-order valence-electron chi connectivity index (χ2n) is 8.12. The van der Waals surface area contributed by atoms with Crippen molar-refractivity contribution in [3.05, 3.63) is 28.2 Å². The van der Waals surface area contributed by atoms with Crippen molar-refractivity contribution >= 4 is 27.0 Å². The van der Waals surface area contributed by atoms with Crippen LogP contribution < -0.4 is 10.9 Å². The summed E-state index contributed by atoms with van der Waals surface area (Å²) in [6.45, 7) is -3.13. The van der Waals surface area contributed by atoms with Crippen molar-refractivity contribution in [1.29, 1.82) is 0 Å². The SMILES string of the molecule is [2H]C(F)(F)c1cc2cnc(NC3CCN(S(=O)(=O)C([2H])([2H])[2H])CC3)nc2n([C@H]2CCC[C@@]2(O)C([2H])([2H])[2H])c1=O. The molecular formula is C20H27F2N5O4S. The smallest absolute Gasteiger partial charge is 0.269 e. The molecule has 0 unspecified atom stereocenters. The van der Waals surface area contributed by atoms with Crippen LogP contribution in [-0.2, 0) is 10.0 Å². The van der Waals surface area contributed by atoms with Gasteiger partial charge in [-0.25, -0.2) is 26.5 Å². The van der Waals surface area contributed by atoms with Crippen molar-refractivity contribution in [1.82, 2.24) is 18.8 Å². The molecule has 2 atom stereocenters. The van der Waals surface area contributed by atoms with Crippen molar-refractivity contribution in [2.45, 2.75) is 63.0 Å². The van der Waals surface area contributed by atoms with E-state index in [1.165, 1.54) is 0 Å². The van der Waals surface area contributed by atoms with E-state index in [1.54, 1.807) is 0 Å². The molecule has 0 aromatic carbocycles. The third-order valence-corrected chi connectivity index (χ3v) is 7.05. The van der Waals surface area contributed by atoms with Gasteiger partial charge < -0.3 is 10.4 Å². The summed E-state index contributed by atoms with van der Waals surface area (Å²) in [6.07, 6.45) is -6.04. The number of piperidine rings is 1. The van der Waals surface area contributed by atoms with Crippen molar-refractivity contribution in [2.75, 3.05) is 24.6 Å². The van der Waals surface area contributed by atoms with Gasteiger partial charge in [0.25, 0.3) is 12.0 Å². The summed E-state index contributed by atoms with van der Waals surface area (Å²) in [7, 11) is -4.49. The molecule has 0 radical (unpaired) electrons. The maximum Gasteiger partial charge on any atom is 0.269 e. The molecule has 1 saturated carbocycles. The van der Waals surface area contributed by atoms with Gasteiger partial charge in [0.05, 0.1) is 23.4 Å². The predicted octanol–water partition coefficient (Wildman–Crippen LogP) is 2.04. The van der Waals surface area contributed by atoms with Gasteiger partial charge in [-0.3, -0.25) is 9.36 Å². The first-order valence-corrected chi connectivity index (χ1v) is 11.5. The van der Waals surface area contributed by atoms with E-state index in [0.29, 0.717) is 4.57 Å². The first-order valence-electron chi connectivity index (χ1n) is 13.6. The number of aromatic nitrogens is 3. The third-order valence-electron chi connectivity index (χ3n) is 6.00. The molecule has 0 bridgehead atoms. The molecule has 0 spiro atoms. The second kappa shape index (κ2) is 8.31. The molecule has 2 aliphatic rings. The van der Waals surface area contributed by atoms with Crippen molar-refractivity contribution in [3.8, 4) is 0 Å². The molecule has 2 aromatic heterocycles. The van der Waals surface area contributed by atoms with Crippen LogP contribution >= 0.6 is 0 Å². The van der Waals surface area contributed by atoms with Gasteiger partial charge in [-0.15, -0.1) is 0 Å². The number of nitrogens with one attached hydrogen (secondary N) is 1. The summed E-state index contributed by atoms with van der Waals surface area (Å²) in [5.41, 5.74) is -5.20. The molecule has 4 rings (SSSR count). The molecule has 1 aliphatic carbocycles. The van der Waals surface area contributed by atoms with Gasteiger partial charge in [0.2, 0.25) is 16.0 Å². The first-order chi connectivity index (χ1) is 17.8. The fourth-order valence-electron chi connectivity index (χ4n) is 4.35. The highest BCUT2D eigenvalue weighted by Crippen LogP contribution is 2.39. The summed E-state index contributed by atoms with van der Waals surface area (Å²) in [6, 6.07) is -1.08. The van der Waals surface area contributed by atoms with E-state index in [4.69, 9.17) is 9.60 Å². The molecule has 32 heavy (non-hydrogen) atoms. The normalized spacial score (nSPS) is 30.0. The minimum absolute atomic E-state index is 0.0138. The third kappa shape index (κ3) is 4.35. The van der Waals surface area contributed by atoms with Crippen LogP contribution in [0.15, 0.2) is 17.1 Å². The summed E-state index contributed by atoms with van der Waals surface area (Å²) in [4.78, 5) is 21.6. The maximum absolute atomic E-state index is 14.1. The Labute approximate surface area is 194 Å². The number of sulfonamides is 1. The standard InChI is InChI=1S/C20H27F2N5O4S/c1-20(29)7-3-4-15(20)27-17-12(10-14(16(21)22)18(27)28)11-23-19(25-17)24-13-5-8-26(9-6-13)32(2,30)31/h10-11,13,15-16,29H,3-9H2,1-2H3,(H,23,24,25)/t15-,20-/m0/s1/i1D3,2D3,16D. The monoisotopic (exact) mass is 478 g/mol. The molecule has 176 valence electrons. The number of alkyl halides is 2. The topological polar surface area (TPSA) is 117 Å². The van der Waals surface area contributed by atoms with Crippen molar-refractivity contribution in [3.63, 3.8) is 0 Å². The zero-order valence-electron chi connectivity index (χ0n) is 23.9. The number of nitrogens with zero attached hydrogens (tertiary/aromatic N) is 4. The minimum Gasteiger partial charge on any atom is -0.388 e. The largest absolute Gasteiger partial charge is 0.388 e. The van der Waals surface area contributed by atoms with Crippen LogP contribution in [0.25, 0.3) is 11.0 Å². The first kappa shape index (κ1) is 15.6. The van der Waals surface area contributed by atoms with Gasteiger partial charge in [0, 0.05) is 38.9 Å². The van der Waals surface area contributed by atoms with Crippen LogP contribution in [0, 0.1) is 0 Å². The van der Waals surface area contributed by atoms with Crippen LogP contribution in [0.1, 0.15) is 66.6 Å². The van der Waals surface area contributed by atoms with E-state index in [1.807, 2.05) is 0 Å². The van der Waals surface area contributed by atoms with Gasteiger partial charge in [-0.1, -0.05) is 0 Å². The second-order valence-corrected chi connectivity index (χ2v) is 9.59. The molecule has 12 heteroatoms. The highest BCUT2D eigenvalue weighted by molar-refractivity contribution is 7.88. The highest BCUT2D eigenvalue weighted by atomic mass is 32.2. The Morgan fingerprint density at radius 2 is 2.12 bits per heavy atom. The zero-order chi connectivity index (χ0) is 29.2. The fourth-order valence-corrected chi connectivity index (χ4v) is 5.04. The lowest BCUT2D eigenvalue weighted by Crippen LogP contribution is -2.42. The lowest BCUT2D eigenvalue weighted by Gasteiger charge is -2.31. The number of hydrogen-bond acceptors (Lipinski definition) is 7. The van der Waals surface area contributed by atoms with Crippen LogP contribution in [-0.4, -0.2) is 63.3 Å². The number of rotatable bonds is 5. The Hall–Kier alpha value is -2.18. The summed E-state index contributed by atoms with van der Waals surface area (Å²) < 4.78 is 106. The lowest BCUT2D eigenvalue weighted by atomic mass is 9.99. The Kier molecular flexibility index (Phi) is 4.05. The zero-order valence-corrected chi connectivity index (χ0v) is 17.7. The molecule has 9 nitrogen and oxygen atoms in total. The Morgan fingerprint density at radius 3 is 2.78 bits per heavy atom. The van der Waals surface area contributed by atoms with Crippen LogP contribution in [0.5, 0.6) is 0 Å². The van der Waals surface area contributed by atoms with Gasteiger partial charge in [0.1, 0.15) is 7.02 Å². The number of fused-ring (bicyclic) bond motifs is 1. The number of hydrogen-bond donors (Lipinski definition) is 2. The summed E-state index contributed by atoms with van der Waals surface area (Å²) >= 11 is 0. The van der Waals surface area contributed by atoms with Crippen LogP contribution in [0.3, 0.4) is 0 Å². The fraction of sp³-hybridized carbons (Fsp3) is 0.650. The molecule has 1 aliphatic heterocycles. The predicted molar refractivity (Wildman–Crippen MR) is 115 cm³/mol. The molecule has 2 fully saturated rings. The number of aliphatic hydroxyl groups is 1. The number of anilines is 1. The van der Waals surface area contributed by atoms with E-state index in [0.717, 1.165) is 16.6 Å². The average molecular weight is 479 g/mol. The van der Waals surface area contributed by atoms with Crippen molar-refractivity contribution < 1.29 is 31.9 Å². The molecule has 2 aromatic rings. The van der Waals surface area contributed by atoms with Gasteiger partial charge in [0.15, 0.2) is 0 Å². The minimum atomic E-state index is -4.49. The lowest BCUT2D eigenvalue weighted by molar-refractivity contribution is 0.0261. The van der Waals surface area contributed by atoms with E-state index < -0.39 is 58.3 Å². The van der Waals surface area contributed by atoms with E-state index >= 15 is 0 Å². The summed E-state index contributed by atoms with van der Waals surface area (Å²) in [5, 5.41) is 14.0. The van der Waals surface area contributed by atoms with Gasteiger partial charge >= 0.3 is 0 Å². The van der Waals surface area contributed by atoms with E-state index in [2.05, 4.69) is 15.3 Å². The molecule has 0 amide bonds. The van der Waals surface area contributed by atoms with E-state index in [-0.39, 0.29) is 62.2 Å². The van der Waals surface area contributed by atoms with Gasteiger partial charge in [-0.05, 0) is 45.0 Å². The van der Waals surface area contributed by atoms with Crippen molar-refractivity contribution in [2.24, 2.45) is 0 Å². The maximum atomic E-state index is 14.1.